The first-order valence-corrected chi connectivity index (χ1v) is 8.88. The van der Waals surface area contributed by atoms with Crippen molar-refractivity contribution in [1.29, 1.82) is 0 Å². The Morgan fingerprint density at radius 2 is 1.88 bits per heavy atom. The van der Waals surface area contributed by atoms with Crippen LogP contribution < -0.4 is 10.9 Å². The molecule has 132 valence electrons. The van der Waals surface area contributed by atoms with E-state index in [4.69, 9.17) is 0 Å². The lowest BCUT2D eigenvalue weighted by atomic mass is 10.1. The molecule has 2 aromatic heterocycles. The lowest BCUT2D eigenvalue weighted by molar-refractivity contribution is 0.0693. The summed E-state index contributed by atoms with van der Waals surface area (Å²) >= 11 is 1.39. The zero-order valence-electron chi connectivity index (χ0n) is 14.1. The number of benzene rings is 1. The van der Waals surface area contributed by atoms with Crippen LogP contribution in [0.2, 0.25) is 0 Å². The molecule has 4 rings (SSSR count). The Kier molecular flexibility index (Phi) is 3.80. The minimum Gasteiger partial charge on any atom is -0.379 e. The molecule has 0 unspecified atom stereocenters. The van der Waals surface area contributed by atoms with E-state index >= 15 is 0 Å². The highest BCUT2D eigenvalue weighted by Gasteiger charge is 2.32. The molecule has 0 saturated carbocycles. The minimum absolute atomic E-state index is 0.223. The van der Waals surface area contributed by atoms with E-state index in [2.05, 4.69) is 15.4 Å². The van der Waals surface area contributed by atoms with Crippen LogP contribution in [0.15, 0.2) is 29.1 Å². The van der Waals surface area contributed by atoms with Crippen molar-refractivity contribution in [3.63, 3.8) is 0 Å². The van der Waals surface area contributed by atoms with Crippen LogP contribution in [0.5, 0.6) is 0 Å². The quantitative estimate of drug-likeness (QED) is 0.701. The molecule has 0 fully saturated rings. The average molecular weight is 369 g/mol. The fraction of sp³-hybridized carbons (Fsp3) is 0.235. The molecule has 9 heteroatoms. The van der Waals surface area contributed by atoms with Gasteiger partial charge in [-0.2, -0.15) is 9.61 Å². The first-order chi connectivity index (χ1) is 12.5. The number of fused-ring (bicyclic) bond motifs is 2. The fourth-order valence-corrected chi connectivity index (χ4v) is 3.65. The molecule has 0 bridgehead atoms. The molecular formula is C17H15N5O3S. The third-order valence-corrected chi connectivity index (χ3v) is 5.26. The SMILES string of the molecule is CCc1nn2c(=O)cc(CNc3ccc4c(c3)C(=O)N(C)C4=O)nc2s1. The van der Waals surface area contributed by atoms with Crippen LogP contribution in [0, 0.1) is 0 Å². The Labute approximate surface area is 152 Å². The Morgan fingerprint density at radius 3 is 2.65 bits per heavy atom. The molecule has 0 spiro atoms. The number of carbonyl (C=O) groups is 2. The standard InChI is InChI=1S/C17H15N5O3S/c1-3-13-20-22-14(23)7-10(19-17(22)26-13)8-18-9-4-5-11-12(6-9)16(25)21(2)15(11)24/h4-7,18H,3,8H2,1-2H3. The maximum absolute atomic E-state index is 12.2. The van der Waals surface area contributed by atoms with E-state index in [1.54, 1.807) is 18.2 Å². The summed E-state index contributed by atoms with van der Waals surface area (Å²) in [6.07, 6.45) is 0.747. The normalized spacial score (nSPS) is 13.5. The number of hydrogen-bond acceptors (Lipinski definition) is 7. The van der Waals surface area contributed by atoms with Gasteiger partial charge in [-0.1, -0.05) is 18.3 Å². The predicted molar refractivity (Wildman–Crippen MR) is 96.7 cm³/mol. The summed E-state index contributed by atoms with van der Waals surface area (Å²) in [4.78, 5) is 42.3. The molecule has 3 heterocycles. The molecular weight excluding hydrogens is 354 g/mol. The van der Waals surface area contributed by atoms with Crippen LogP contribution in [0.25, 0.3) is 4.96 Å². The molecule has 0 radical (unpaired) electrons. The molecule has 26 heavy (non-hydrogen) atoms. The van der Waals surface area contributed by atoms with Gasteiger partial charge in [-0.05, 0) is 24.6 Å². The van der Waals surface area contributed by atoms with Gasteiger partial charge in [-0.15, -0.1) is 0 Å². The Morgan fingerprint density at radius 1 is 1.12 bits per heavy atom. The molecule has 1 aliphatic heterocycles. The van der Waals surface area contributed by atoms with Gasteiger partial charge in [-0.3, -0.25) is 19.3 Å². The van der Waals surface area contributed by atoms with Crippen molar-refractivity contribution in [3.8, 4) is 0 Å². The second-order valence-corrected chi connectivity index (χ2v) is 6.95. The van der Waals surface area contributed by atoms with Crippen LogP contribution in [0.3, 0.4) is 0 Å². The van der Waals surface area contributed by atoms with E-state index in [0.29, 0.717) is 34.0 Å². The Hall–Kier alpha value is -3.07. The Bertz CT molecular complexity index is 1120. The van der Waals surface area contributed by atoms with Crippen molar-refractivity contribution < 1.29 is 9.59 Å². The molecule has 0 saturated heterocycles. The summed E-state index contributed by atoms with van der Waals surface area (Å²) in [7, 11) is 1.46. The highest BCUT2D eigenvalue weighted by Crippen LogP contribution is 2.25. The number of hydrogen-bond donors (Lipinski definition) is 1. The van der Waals surface area contributed by atoms with Gasteiger partial charge in [0.15, 0.2) is 0 Å². The zero-order valence-corrected chi connectivity index (χ0v) is 15.0. The third-order valence-electron chi connectivity index (χ3n) is 4.21. The van der Waals surface area contributed by atoms with Gasteiger partial charge < -0.3 is 5.32 Å². The van der Waals surface area contributed by atoms with Crippen molar-refractivity contribution in [2.45, 2.75) is 19.9 Å². The molecule has 0 aliphatic carbocycles. The average Bonchev–Trinajstić information content (AvgIpc) is 3.16. The van der Waals surface area contributed by atoms with Gasteiger partial charge in [0.2, 0.25) is 4.96 Å². The fourth-order valence-electron chi connectivity index (χ4n) is 2.79. The van der Waals surface area contributed by atoms with Gasteiger partial charge in [-0.25, -0.2) is 4.98 Å². The maximum Gasteiger partial charge on any atom is 0.275 e. The van der Waals surface area contributed by atoms with Crippen LogP contribution in [-0.2, 0) is 13.0 Å². The largest absolute Gasteiger partial charge is 0.379 e. The number of rotatable bonds is 4. The molecule has 8 nitrogen and oxygen atoms in total. The van der Waals surface area contributed by atoms with E-state index in [0.717, 1.165) is 16.3 Å². The van der Waals surface area contributed by atoms with E-state index in [9.17, 15) is 14.4 Å². The molecule has 3 aromatic rings. The number of nitrogens with zero attached hydrogens (tertiary/aromatic N) is 4. The number of carbonyl (C=O) groups excluding carboxylic acids is 2. The number of nitrogens with one attached hydrogen (secondary N) is 1. The van der Waals surface area contributed by atoms with E-state index < -0.39 is 0 Å². The van der Waals surface area contributed by atoms with Gasteiger partial charge in [0.1, 0.15) is 5.01 Å². The first kappa shape index (κ1) is 16.4. The summed E-state index contributed by atoms with van der Waals surface area (Å²) in [5.41, 5.74) is 1.82. The lowest BCUT2D eigenvalue weighted by Gasteiger charge is -2.07. The second-order valence-electron chi connectivity index (χ2n) is 5.91. The number of imide groups is 1. The monoisotopic (exact) mass is 369 g/mol. The van der Waals surface area contributed by atoms with Crippen LogP contribution in [-0.4, -0.2) is 38.4 Å². The molecule has 1 aromatic carbocycles. The number of anilines is 1. The first-order valence-electron chi connectivity index (χ1n) is 8.07. The highest BCUT2D eigenvalue weighted by atomic mass is 32.1. The van der Waals surface area contributed by atoms with Crippen molar-refractivity contribution in [2.24, 2.45) is 0 Å². The number of amides is 2. The molecule has 2 amide bonds. The Balaban J connectivity index is 1.58. The van der Waals surface area contributed by atoms with Crippen molar-refractivity contribution in [2.75, 3.05) is 12.4 Å². The third kappa shape index (κ3) is 2.57. The topological polar surface area (TPSA) is 96.7 Å². The van der Waals surface area contributed by atoms with Crippen molar-refractivity contribution in [1.82, 2.24) is 19.5 Å². The van der Waals surface area contributed by atoms with Gasteiger partial charge in [0, 0.05) is 18.8 Å². The van der Waals surface area contributed by atoms with Crippen molar-refractivity contribution in [3.05, 3.63) is 56.4 Å². The summed E-state index contributed by atoms with van der Waals surface area (Å²) < 4.78 is 1.31. The van der Waals surface area contributed by atoms with E-state index in [1.807, 2.05) is 6.92 Å². The molecule has 0 atom stereocenters. The number of aromatic nitrogens is 3. The lowest BCUT2D eigenvalue weighted by Crippen LogP contribution is -2.24. The summed E-state index contributed by atoms with van der Waals surface area (Å²) in [6.45, 7) is 2.30. The van der Waals surface area contributed by atoms with Crippen LogP contribution in [0.4, 0.5) is 5.69 Å². The van der Waals surface area contributed by atoms with Gasteiger partial charge >= 0.3 is 0 Å². The van der Waals surface area contributed by atoms with E-state index in [1.165, 1.54) is 29.0 Å². The molecule has 1 N–H and O–H groups in total. The highest BCUT2D eigenvalue weighted by molar-refractivity contribution is 7.16. The van der Waals surface area contributed by atoms with Gasteiger partial charge in [0.25, 0.3) is 17.4 Å². The summed E-state index contributed by atoms with van der Waals surface area (Å²) in [5.74, 6) is -0.614. The molecule has 1 aliphatic rings. The predicted octanol–water partition coefficient (Wildman–Crippen LogP) is 1.55. The van der Waals surface area contributed by atoms with Gasteiger partial charge in [0.05, 0.1) is 23.4 Å². The summed E-state index contributed by atoms with van der Waals surface area (Å²) in [5, 5.41) is 8.22. The zero-order chi connectivity index (χ0) is 18.4. The second kappa shape index (κ2) is 6.03. The van der Waals surface area contributed by atoms with Crippen molar-refractivity contribution >= 4 is 33.8 Å². The van der Waals surface area contributed by atoms with Crippen LogP contribution in [0.1, 0.15) is 38.3 Å². The minimum atomic E-state index is -0.316. The number of aryl methyl sites for hydroxylation is 1. The van der Waals surface area contributed by atoms with Crippen LogP contribution >= 0.6 is 11.3 Å². The van der Waals surface area contributed by atoms with E-state index in [-0.39, 0.29) is 17.4 Å². The summed E-state index contributed by atoms with van der Waals surface area (Å²) in [6, 6.07) is 6.45. The maximum atomic E-state index is 12.2. The smallest absolute Gasteiger partial charge is 0.275 e.